The van der Waals surface area contributed by atoms with Gasteiger partial charge in [0.25, 0.3) is 0 Å². The van der Waals surface area contributed by atoms with Crippen molar-refractivity contribution in [1.82, 2.24) is 4.90 Å². The molecule has 0 aromatic carbocycles. The lowest BCUT2D eigenvalue weighted by molar-refractivity contribution is -0.230. The second-order valence-electron chi connectivity index (χ2n) is 6.49. The van der Waals surface area contributed by atoms with Crippen molar-refractivity contribution >= 4 is 17.7 Å². The van der Waals surface area contributed by atoms with E-state index in [1.165, 1.54) is 0 Å². The normalized spacial score (nSPS) is 45.8. The third-order valence-electron chi connectivity index (χ3n) is 4.50. The van der Waals surface area contributed by atoms with E-state index in [-0.39, 0.29) is 36.6 Å². The zero-order chi connectivity index (χ0) is 15.5. The summed E-state index contributed by atoms with van der Waals surface area (Å²) in [7, 11) is 0. The van der Waals surface area contributed by atoms with Crippen LogP contribution in [0.3, 0.4) is 0 Å². The standard InChI is InChI=1S/C14H21NO6S/c1-14(2)20-12-11(17-6-22-3)10(19-13(12)21-14)7-5-15-8(16)4-9(15)18-7/h7,9-13H,4-6H2,1-3H3. The summed E-state index contributed by atoms with van der Waals surface area (Å²) in [5, 5.41) is 0. The topological polar surface area (TPSA) is 66.5 Å². The van der Waals surface area contributed by atoms with Gasteiger partial charge in [-0.25, -0.2) is 0 Å². The number of nitrogens with zero attached hydrogens (tertiary/aromatic N) is 1. The van der Waals surface area contributed by atoms with Crippen LogP contribution in [0.5, 0.6) is 0 Å². The largest absolute Gasteiger partial charge is 0.362 e. The quantitative estimate of drug-likeness (QED) is 0.550. The molecule has 22 heavy (non-hydrogen) atoms. The van der Waals surface area contributed by atoms with Crippen LogP contribution in [-0.2, 0) is 28.5 Å². The van der Waals surface area contributed by atoms with Crippen molar-refractivity contribution in [2.24, 2.45) is 0 Å². The van der Waals surface area contributed by atoms with E-state index >= 15 is 0 Å². The summed E-state index contributed by atoms with van der Waals surface area (Å²) in [6.45, 7) is 4.29. The summed E-state index contributed by atoms with van der Waals surface area (Å²) < 4.78 is 29.6. The van der Waals surface area contributed by atoms with Crippen LogP contribution in [0.1, 0.15) is 20.3 Å². The SMILES string of the molecule is CSCOC1C(C2CN3C(=O)CC3O2)OC2OC(C)(C)OC21. The Balaban J connectivity index is 1.48. The minimum Gasteiger partial charge on any atom is -0.362 e. The minimum atomic E-state index is -0.670. The number of thioether (sulfide) groups is 1. The number of ether oxygens (including phenoxy) is 5. The number of hydrogen-bond acceptors (Lipinski definition) is 7. The Hall–Kier alpha value is -0.380. The van der Waals surface area contributed by atoms with E-state index in [1.807, 2.05) is 20.1 Å². The molecular formula is C14H21NO6S. The molecule has 4 saturated heterocycles. The molecule has 0 aromatic heterocycles. The van der Waals surface area contributed by atoms with Gasteiger partial charge in [0.15, 0.2) is 12.1 Å². The molecule has 8 heteroatoms. The first kappa shape index (κ1) is 15.2. The molecule has 0 spiro atoms. The average molecular weight is 331 g/mol. The van der Waals surface area contributed by atoms with Gasteiger partial charge >= 0.3 is 0 Å². The molecule has 6 unspecified atom stereocenters. The Morgan fingerprint density at radius 2 is 2.14 bits per heavy atom. The molecule has 0 radical (unpaired) electrons. The van der Waals surface area contributed by atoms with Gasteiger partial charge in [0.1, 0.15) is 30.6 Å². The van der Waals surface area contributed by atoms with E-state index in [2.05, 4.69) is 0 Å². The number of carbonyl (C=O) groups excluding carboxylic acids is 1. The highest BCUT2D eigenvalue weighted by atomic mass is 32.2. The number of fused-ring (bicyclic) bond motifs is 2. The van der Waals surface area contributed by atoms with Crippen molar-refractivity contribution < 1.29 is 28.5 Å². The van der Waals surface area contributed by atoms with Crippen LogP contribution >= 0.6 is 11.8 Å². The lowest BCUT2D eigenvalue weighted by Crippen LogP contribution is -2.49. The molecule has 124 valence electrons. The van der Waals surface area contributed by atoms with E-state index in [0.717, 1.165) is 0 Å². The average Bonchev–Trinajstić information content (AvgIpc) is 3.04. The van der Waals surface area contributed by atoms with E-state index in [1.54, 1.807) is 16.7 Å². The van der Waals surface area contributed by atoms with Crippen LogP contribution in [0.4, 0.5) is 0 Å². The summed E-state index contributed by atoms with van der Waals surface area (Å²) in [6, 6.07) is 0. The van der Waals surface area contributed by atoms with E-state index in [9.17, 15) is 4.79 Å². The van der Waals surface area contributed by atoms with Gasteiger partial charge in [-0.15, -0.1) is 11.8 Å². The van der Waals surface area contributed by atoms with E-state index in [4.69, 9.17) is 23.7 Å². The zero-order valence-corrected chi connectivity index (χ0v) is 13.7. The van der Waals surface area contributed by atoms with Gasteiger partial charge in [0.2, 0.25) is 5.91 Å². The highest BCUT2D eigenvalue weighted by Gasteiger charge is 2.60. The first-order valence-corrected chi connectivity index (χ1v) is 8.94. The lowest BCUT2D eigenvalue weighted by atomic mass is 10.1. The van der Waals surface area contributed by atoms with Crippen LogP contribution < -0.4 is 0 Å². The summed E-state index contributed by atoms with van der Waals surface area (Å²) in [5.41, 5.74) is 0. The van der Waals surface area contributed by atoms with Gasteiger partial charge in [-0.3, -0.25) is 4.79 Å². The third-order valence-corrected chi connectivity index (χ3v) is 4.87. The molecule has 4 rings (SSSR count). The predicted octanol–water partition coefficient (Wildman–Crippen LogP) is 0.526. The smallest absolute Gasteiger partial charge is 0.229 e. The molecule has 4 aliphatic heterocycles. The number of amides is 1. The molecule has 0 aliphatic carbocycles. The van der Waals surface area contributed by atoms with Crippen molar-refractivity contribution in [3.05, 3.63) is 0 Å². The lowest BCUT2D eigenvalue weighted by Gasteiger charge is -2.31. The van der Waals surface area contributed by atoms with Gasteiger partial charge in [0, 0.05) is 0 Å². The summed E-state index contributed by atoms with van der Waals surface area (Å²) in [5.74, 6) is 0.0213. The number of rotatable bonds is 4. The maximum atomic E-state index is 11.5. The van der Waals surface area contributed by atoms with E-state index < -0.39 is 12.1 Å². The second-order valence-corrected chi connectivity index (χ2v) is 7.30. The first-order chi connectivity index (χ1) is 10.5. The molecule has 0 saturated carbocycles. The van der Waals surface area contributed by atoms with Crippen LogP contribution in [0.25, 0.3) is 0 Å². The van der Waals surface area contributed by atoms with Crippen LogP contribution in [-0.4, -0.2) is 72.3 Å². The number of carbonyl (C=O) groups is 1. The Morgan fingerprint density at radius 1 is 1.32 bits per heavy atom. The second kappa shape index (κ2) is 5.32. The van der Waals surface area contributed by atoms with Crippen LogP contribution in [0.2, 0.25) is 0 Å². The predicted molar refractivity (Wildman–Crippen MR) is 76.9 cm³/mol. The van der Waals surface area contributed by atoms with Crippen molar-refractivity contribution in [3.63, 3.8) is 0 Å². The van der Waals surface area contributed by atoms with Crippen molar-refractivity contribution in [2.75, 3.05) is 18.7 Å². The summed E-state index contributed by atoms with van der Waals surface area (Å²) in [4.78, 5) is 13.3. The summed E-state index contributed by atoms with van der Waals surface area (Å²) in [6.07, 6.45) is 0.917. The Morgan fingerprint density at radius 3 is 2.82 bits per heavy atom. The Labute approximate surface area is 133 Å². The third kappa shape index (κ3) is 2.37. The molecule has 1 amide bonds. The highest BCUT2D eigenvalue weighted by molar-refractivity contribution is 7.98. The monoisotopic (exact) mass is 331 g/mol. The van der Waals surface area contributed by atoms with Gasteiger partial charge in [0.05, 0.1) is 18.9 Å². The molecule has 4 heterocycles. The molecule has 4 fully saturated rings. The number of β-lactam (4-membered cyclic amide) rings is 1. The zero-order valence-electron chi connectivity index (χ0n) is 12.9. The van der Waals surface area contributed by atoms with Crippen LogP contribution in [0.15, 0.2) is 0 Å². The van der Waals surface area contributed by atoms with E-state index in [0.29, 0.717) is 18.9 Å². The fraction of sp³-hybridized carbons (Fsp3) is 0.929. The van der Waals surface area contributed by atoms with Crippen molar-refractivity contribution in [1.29, 1.82) is 0 Å². The van der Waals surface area contributed by atoms with Gasteiger partial charge in [-0.05, 0) is 20.1 Å². The molecule has 0 bridgehead atoms. The Kier molecular flexibility index (Phi) is 3.67. The molecule has 0 aromatic rings. The number of hydrogen-bond donors (Lipinski definition) is 0. The van der Waals surface area contributed by atoms with Crippen LogP contribution in [0, 0.1) is 0 Å². The maximum absolute atomic E-state index is 11.5. The first-order valence-electron chi connectivity index (χ1n) is 7.55. The maximum Gasteiger partial charge on any atom is 0.229 e. The highest BCUT2D eigenvalue weighted by Crippen LogP contribution is 2.42. The van der Waals surface area contributed by atoms with Gasteiger partial charge in [-0.1, -0.05) is 0 Å². The Bertz CT molecular complexity index is 474. The molecule has 0 N–H and O–H groups in total. The molecule has 6 atom stereocenters. The van der Waals surface area contributed by atoms with Gasteiger partial charge in [-0.2, -0.15) is 0 Å². The minimum absolute atomic E-state index is 0.0963. The van der Waals surface area contributed by atoms with Crippen molar-refractivity contribution in [3.8, 4) is 0 Å². The molecular weight excluding hydrogens is 310 g/mol. The molecule has 4 aliphatic rings. The fourth-order valence-corrected chi connectivity index (χ4v) is 3.82. The summed E-state index contributed by atoms with van der Waals surface area (Å²) >= 11 is 1.60. The van der Waals surface area contributed by atoms with Crippen molar-refractivity contribution in [2.45, 2.75) is 63.0 Å². The molecule has 7 nitrogen and oxygen atoms in total. The van der Waals surface area contributed by atoms with Gasteiger partial charge < -0.3 is 28.6 Å². The fourth-order valence-electron chi connectivity index (χ4n) is 3.53.